The van der Waals surface area contributed by atoms with Gasteiger partial charge in [0.15, 0.2) is 4.34 Å². The van der Waals surface area contributed by atoms with Crippen molar-refractivity contribution in [3.63, 3.8) is 0 Å². The van der Waals surface area contributed by atoms with Crippen molar-refractivity contribution in [2.75, 3.05) is 32.2 Å². The maximum atomic E-state index is 5.44. The van der Waals surface area contributed by atoms with Crippen LogP contribution >= 0.6 is 34.9 Å². The Labute approximate surface area is 160 Å². The molecule has 132 valence electrons. The molecule has 0 amide bonds. The number of fused-ring (bicyclic) bond motifs is 2. The predicted molar refractivity (Wildman–Crippen MR) is 110 cm³/mol. The molecule has 4 nitrogen and oxygen atoms in total. The Balaban J connectivity index is 1.78. The molecule has 1 aliphatic heterocycles. The number of nitrogens with one attached hydrogen (secondary N) is 1. The van der Waals surface area contributed by atoms with E-state index in [2.05, 4.69) is 23.7 Å². The summed E-state index contributed by atoms with van der Waals surface area (Å²) in [5, 5.41) is 4.61. The van der Waals surface area contributed by atoms with Crippen LogP contribution in [0.1, 0.15) is 12.8 Å². The molecule has 3 heterocycles. The first-order valence-corrected chi connectivity index (χ1v) is 11.5. The Morgan fingerprint density at radius 3 is 2.88 bits per heavy atom. The second-order valence-corrected chi connectivity index (χ2v) is 9.23. The Morgan fingerprint density at radius 2 is 2.12 bits per heavy atom. The molecule has 0 radical (unpaired) electrons. The highest BCUT2D eigenvalue weighted by Crippen LogP contribution is 2.40. The normalized spacial score (nSPS) is 15.9. The molecule has 1 aliphatic rings. The van der Waals surface area contributed by atoms with E-state index in [1.54, 1.807) is 30.2 Å². The standard InChI is InChI=1S/C18H21N3OS3/c1-22-12-3-4-14-13(9-12)16(24-10-11-5-7-19-8-6-11)15-17(20-14)25-18(21-15)23-2/h3-4,9,11,19H,5-8,10H2,1-2H3. The molecule has 2 aromatic heterocycles. The summed E-state index contributed by atoms with van der Waals surface area (Å²) in [6.07, 6.45) is 4.59. The molecule has 0 saturated carbocycles. The monoisotopic (exact) mass is 391 g/mol. The Morgan fingerprint density at radius 1 is 1.28 bits per heavy atom. The smallest absolute Gasteiger partial charge is 0.152 e. The summed E-state index contributed by atoms with van der Waals surface area (Å²) in [5.41, 5.74) is 2.08. The average molecular weight is 392 g/mol. The Bertz CT molecular complexity index is 888. The highest BCUT2D eigenvalue weighted by molar-refractivity contribution is 8.00. The van der Waals surface area contributed by atoms with Gasteiger partial charge in [0.05, 0.1) is 12.6 Å². The van der Waals surface area contributed by atoms with Crippen LogP contribution in [-0.4, -0.2) is 42.2 Å². The molecular formula is C18H21N3OS3. The van der Waals surface area contributed by atoms with Gasteiger partial charge in [-0.1, -0.05) is 23.1 Å². The number of ether oxygens (including phenoxy) is 1. The van der Waals surface area contributed by atoms with E-state index < -0.39 is 0 Å². The molecule has 7 heteroatoms. The topological polar surface area (TPSA) is 47.0 Å². The quantitative estimate of drug-likeness (QED) is 0.638. The first-order valence-electron chi connectivity index (χ1n) is 8.44. The highest BCUT2D eigenvalue weighted by Gasteiger charge is 2.18. The van der Waals surface area contributed by atoms with Gasteiger partial charge >= 0.3 is 0 Å². The number of methoxy groups -OCH3 is 1. The molecule has 0 aliphatic carbocycles. The van der Waals surface area contributed by atoms with Gasteiger partial charge in [0.25, 0.3) is 0 Å². The number of piperidine rings is 1. The van der Waals surface area contributed by atoms with Crippen molar-refractivity contribution in [2.24, 2.45) is 5.92 Å². The van der Waals surface area contributed by atoms with Gasteiger partial charge in [-0.2, -0.15) is 0 Å². The summed E-state index contributed by atoms with van der Waals surface area (Å²) >= 11 is 5.31. The van der Waals surface area contributed by atoms with Crippen molar-refractivity contribution < 1.29 is 4.74 Å². The predicted octanol–water partition coefficient (Wildman–Crippen LogP) is 4.67. The van der Waals surface area contributed by atoms with E-state index in [4.69, 9.17) is 14.7 Å². The third-order valence-electron chi connectivity index (χ3n) is 4.57. The lowest BCUT2D eigenvalue weighted by Gasteiger charge is -2.22. The number of pyridine rings is 1. The van der Waals surface area contributed by atoms with E-state index in [0.29, 0.717) is 0 Å². The van der Waals surface area contributed by atoms with Gasteiger partial charge in [0.1, 0.15) is 16.1 Å². The molecule has 0 unspecified atom stereocenters. The van der Waals surface area contributed by atoms with Crippen LogP contribution in [0.25, 0.3) is 21.3 Å². The van der Waals surface area contributed by atoms with Crippen molar-refractivity contribution in [3.05, 3.63) is 18.2 Å². The zero-order chi connectivity index (χ0) is 17.2. The fourth-order valence-corrected chi connectivity index (χ4v) is 6.00. The van der Waals surface area contributed by atoms with Crippen LogP contribution in [0, 0.1) is 5.92 Å². The number of nitrogens with zero attached hydrogens (tertiary/aromatic N) is 2. The molecule has 1 saturated heterocycles. The molecule has 3 aromatic rings. The maximum absolute atomic E-state index is 5.44. The molecule has 25 heavy (non-hydrogen) atoms. The van der Waals surface area contributed by atoms with Crippen LogP contribution < -0.4 is 10.1 Å². The molecule has 1 fully saturated rings. The maximum Gasteiger partial charge on any atom is 0.152 e. The third kappa shape index (κ3) is 3.60. The van der Waals surface area contributed by atoms with Gasteiger partial charge < -0.3 is 10.1 Å². The van der Waals surface area contributed by atoms with Crippen LogP contribution in [0.4, 0.5) is 0 Å². The molecule has 4 rings (SSSR count). The van der Waals surface area contributed by atoms with E-state index >= 15 is 0 Å². The average Bonchev–Trinajstić information content (AvgIpc) is 3.08. The lowest BCUT2D eigenvalue weighted by Crippen LogP contribution is -2.28. The van der Waals surface area contributed by atoms with Crippen molar-refractivity contribution in [2.45, 2.75) is 22.1 Å². The van der Waals surface area contributed by atoms with Gasteiger partial charge in [-0.05, 0) is 56.3 Å². The molecule has 1 aromatic carbocycles. The number of thioether (sulfide) groups is 2. The van der Waals surface area contributed by atoms with Crippen LogP contribution in [0.15, 0.2) is 27.4 Å². The van der Waals surface area contributed by atoms with Gasteiger partial charge in [0, 0.05) is 16.0 Å². The van der Waals surface area contributed by atoms with Crippen molar-refractivity contribution in [1.82, 2.24) is 15.3 Å². The summed E-state index contributed by atoms with van der Waals surface area (Å²) < 4.78 is 6.52. The van der Waals surface area contributed by atoms with Gasteiger partial charge in [-0.15, -0.1) is 11.8 Å². The van der Waals surface area contributed by atoms with Crippen LogP contribution in [0.2, 0.25) is 0 Å². The van der Waals surface area contributed by atoms with Gasteiger partial charge in [-0.25, -0.2) is 9.97 Å². The Kier molecular flexibility index (Phi) is 5.36. The Hall–Kier alpha value is -1.02. The molecule has 0 spiro atoms. The number of thiazole rings is 1. The summed E-state index contributed by atoms with van der Waals surface area (Å²) in [6.45, 7) is 2.28. The highest BCUT2D eigenvalue weighted by atomic mass is 32.2. The van der Waals surface area contributed by atoms with Crippen molar-refractivity contribution in [3.8, 4) is 5.75 Å². The van der Waals surface area contributed by atoms with Crippen molar-refractivity contribution >= 4 is 56.1 Å². The van der Waals surface area contributed by atoms with E-state index in [1.807, 2.05) is 17.8 Å². The SMILES string of the molecule is COc1ccc2nc3sc(SC)nc3c(SCC3CCNCC3)c2c1. The molecule has 0 bridgehead atoms. The van der Waals surface area contributed by atoms with E-state index in [0.717, 1.165) is 56.1 Å². The lowest BCUT2D eigenvalue weighted by molar-refractivity contribution is 0.408. The van der Waals surface area contributed by atoms with E-state index in [-0.39, 0.29) is 0 Å². The number of benzene rings is 1. The second kappa shape index (κ2) is 7.70. The number of rotatable bonds is 5. The molecule has 1 N–H and O–H groups in total. The zero-order valence-electron chi connectivity index (χ0n) is 14.4. The third-order valence-corrected chi connectivity index (χ3v) is 7.85. The molecule has 0 atom stereocenters. The van der Waals surface area contributed by atoms with Gasteiger partial charge in [-0.3, -0.25) is 0 Å². The largest absolute Gasteiger partial charge is 0.497 e. The number of hydrogen-bond donors (Lipinski definition) is 1. The fraction of sp³-hybridized carbons (Fsp3) is 0.444. The molecular weight excluding hydrogens is 370 g/mol. The fourth-order valence-electron chi connectivity index (χ4n) is 3.16. The van der Waals surface area contributed by atoms with Gasteiger partial charge in [0.2, 0.25) is 0 Å². The second-order valence-electron chi connectivity index (χ2n) is 6.17. The first kappa shape index (κ1) is 17.4. The summed E-state index contributed by atoms with van der Waals surface area (Å²) in [6, 6.07) is 6.14. The minimum Gasteiger partial charge on any atom is -0.497 e. The minimum atomic E-state index is 0.772. The number of aromatic nitrogens is 2. The van der Waals surface area contributed by atoms with E-state index in [9.17, 15) is 0 Å². The van der Waals surface area contributed by atoms with Crippen molar-refractivity contribution in [1.29, 1.82) is 0 Å². The van der Waals surface area contributed by atoms with Crippen LogP contribution in [-0.2, 0) is 0 Å². The minimum absolute atomic E-state index is 0.772. The number of hydrogen-bond acceptors (Lipinski definition) is 7. The zero-order valence-corrected chi connectivity index (χ0v) is 16.8. The van der Waals surface area contributed by atoms with Crippen LogP contribution in [0.3, 0.4) is 0 Å². The summed E-state index contributed by atoms with van der Waals surface area (Å²) in [7, 11) is 1.71. The lowest BCUT2D eigenvalue weighted by atomic mass is 10.0. The summed E-state index contributed by atoms with van der Waals surface area (Å²) in [4.78, 5) is 12.0. The van der Waals surface area contributed by atoms with E-state index in [1.165, 1.54) is 17.7 Å². The first-order chi connectivity index (χ1) is 12.3. The summed E-state index contributed by atoms with van der Waals surface area (Å²) in [5.74, 6) is 2.78. The van der Waals surface area contributed by atoms with Crippen LogP contribution in [0.5, 0.6) is 5.75 Å².